The molecular weight excluding hydrogens is 360 g/mol. The standard InChI is InChI=1S/C21H33ClN4O/c1-3-23-21(25-18-6-8-19(27)9-7-18)24-13-16-10-11-26(14-16)20-12-17(22)5-4-15(20)2/h4-5,12,16,18-19,27H,3,6-11,13-14H2,1-2H3,(H2,23,24,25). The van der Waals surface area contributed by atoms with E-state index in [1.807, 2.05) is 6.07 Å². The molecule has 1 heterocycles. The number of rotatable bonds is 5. The summed E-state index contributed by atoms with van der Waals surface area (Å²) in [6, 6.07) is 6.54. The van der Waals surface area contributed by atoms with Gasteiger partial charge >= 0.3 is 0 Å². The molecule has 3 rings (SSSR count). The number of aliphatic imine (C=N–C) groups is 1. The van der Waals surface area contributed by atoms with Gasteiger partial charge in [-0.05, 0) is 69.6 Å². The van der Waals surface area contributed by atoms with Crippen LogP contribution >= 0.6 is 11.6 Å². The van der Waals surface area contributed by atoms with Gasteiger partial charge in [-0.3, -0.25) is 4.99 Å². The Morgan fingerprint density at radius 3 is 2.78 bits per heavy atom. The molecule has 1 atom stereocenters. The van der Waals surface area contributed by atoms with E-state index in [0.29, 0.717) is 12.0 Å². The van der Waals surface area contributed by atoms with E-state index in [-0.39, 0.29) is 6.10 Å². The minimum atomic E-state index is -0.123. The zero-order valence-corrected chi connectivity index (χ0v) is 17.3. The number of aliphatic hydroxyl groups is 1. The zero-order valence-electron chi connectivity index (χ0n) is 16.5. The molecule has 5 nitrogen and oxygen atoms in total. The summed E-state index contributed by atoms with van der Waals surface area (Å²) >= 11 is 6.19. The maximum Gasteiger partial charge on any atom is 0.191 e. The second kappa shape index (κ2) is 9.65. The summed E-state index contributed by atoms with van der Waals surface area (Å²) in [5.41, 5.74) is 2.53. The molecular formula is C21H33ClN4O. The molecule has 150 valence electrons. The summed E-state index contributed by atoms with van der Waals surface area (Å²) in [4.78, 5) is 7.29. The first-order valence-corrected chi connectivity index (χ1v) is 10.7. The summed E-state index contributed by atoms with van der Waals surface area (Å²) < 4.78 is 0. The fraction of sp³-hybridized carbons (Fsp3) is 0.667. The Morgan fingerprint density at radius 2 is 2.04 bits per heavy atom. The molecule has 0 bridgehead atoms. The van der Waals surface area contributed by atoms with Crippen molar-refractivity contribution in [1.82, 2.24) is 10.6 Å². The van der Waals surface area contributed by atoms with E-state index in [0.717, 1.165) is 69.3 Å². The van der Waals surface area contributed by atoms with Crippen LogP contribution < -0.4 is 15.5 Å². The highest BCUT2D eigenvalue weighted by Gasteiger charge is 2.24. The van der Waals surface area contributed by atoms with Crippen LogP contribution in [0.5, 0.6) is 0 Å². The van der Waals surface area contributed by atoms with Gasteiger partial charge in [-0.25, -0.2) is 0 Å². The molecule has 2 fully saturated rings. The Hall–Kier alpha value is -1.46. The molecule has 1 unspecified atom stereocenters. The van der Waals surface area contributed by atoms with Crippen LogP contribution in [0.25, 0.3) is 0 Å². The highest BCUT2D eigenvalue weighted by molar-refractivity contribution is 6.30. The Balaban J connectivity index is 1.54. The van der Waals surface area contributed by atoms with E-state index in [1.54, 1.807) is 0 Å². The summed E-state index contributed by atoms with van der Waals surface area (Å²) in [5.74, 6) is 1.48. The summed E-state index contributed by atoms with van der Waals surface area (Å²) in [6.45, 7) is 8.03. The third-order valence-corrected chi connectivity index (χ3v) is 5.92. The number of halogens is 1. The molecule has 0 aromatic heterocycles. The third kappa shape index (κ3) is 5.76. The summed E-state index contributed by atoms with van der Waals surface area (Å²) in [6.07, 6.45) is 4.82. The van der Waals surface area contributed by atoms with Gasteiger partial charge in [0.25, 0.3) is 0 Å². The number of aryl methyl sites for hydroxylation is 1. The number of guanidine groups is 1. The van der Waals surface area contributed by atoms with Crippen LogP contribution in [0, 0.1) is 12.8 Å². The second-order valence-electron chi connectivity index (χ2n) is 7.90. The lowest BCUT2D eigenvalue weighted by Gasteiger charge is -2.27. The fourth-order valence-electron chi connectivity index (χ4n) is 4.08. The maximum atomic E-state index is 9.68. The molecule has 6 heteroatoms. The van der Waals surface area contributed by atoms with E-state index >= 15 is 0 Å². The maximum absolute atomic E-state index is 9.68. The predicted molar refractivity (Wildman–Crippen MR) is 114 cm³/mol. The van der Waals surface area contributed by atoms with Crippen molar-refractivity contribution in [3.8, 4) is 0 Å². The Kier molecular flexibility index (Phi) is 7.25. The number of nitrogens with one attached hydrogen (secondary N) is 2. The number of nitrogens with zero attached hydrogens (tertiary/aromatic N) is 2. The van der Waals surface area contributed by atoms with Gasteiger partial charge in [0.1, 0.15) is 0 Å². The van der Waals surface area contributed by atoms with Crippen molar-refractivity contribution in [3.05, 3.63) is 28.8 Å². The summed E-state index contributed by atoms with van der Waals surface area (Å²) in [5, 5.41) is 17.4. The Bertz CT molecular complexity index is 643. The minimum Gasteiger partial charge on any atom is -0.393 e. The van der Waals surface area contributed by atoms with Gasteiger partial charge in [-0.1, -0.05) is 17.7 Å². The first-order chi connectivity index (χ1) is 13.0. The van der Waals surface area contributed by atoms with Gasteiger partial charge in [0.05, 0.1) is 6.10 Å². The van der Waals surface area contributed by atoms with Gasteiger partial charge < -0.3 is 20.6 Å². The minimum absolute atomic E-state index is 0.123. The van der Waals surface area contributed by atoms with E-state index < -0.39 is 0 Å². The lowest BCUT2D eigenvalue weighted by atomic mass is 9.93. The average Bonchev–Trinajstić information content (AvgIpc) is 3.12. The first kappa shape index (κ1) is 20.3. The average molecular weight is 393 g/mol. The molecule has 0 spiro atoms. The molecule has 2 aliphatic rings. The molecule has 3 N–H and O–H groups in total. The van der Waals surface area contributed by atoms with Crippen LogP contribution in [0.15, 0.2) is 23.2 Å². The van der Waals surface area contributed by atoms with Gasteiger partial charge in [-0.2, -0.15) is 0 Å². The molecule has 27 heavy (non-hydrogen) atoms. The second-order valence-corrected chi connectivity index (χ2v) is 8.34. The van der Waals surface area contributed by atoms with Crippen molar-refractivity contribution in [2.75, 3.05) is 31.1 Å². The van der Waals surface area contributed by atoms with Crippen molar-refractivity contribution in [3.63, 3.8) is 0 Å². The van der Waals surface area contributed by atoms with Crippen LogP contribution in [0.3, 0.4) is 0 Å². The SMILES string of the molecule is CCNC(=NCC1CCN(c2cc(Cl)ccc2C)C1)NC1CCC(O)CC1. The molecule has 1 aromatic carbocycles. The lowest BCUT2D eigenvalue weighted by Crippen LogP contribution is -2.45. The van der Waals surface area contributed by atoms with Crippen molar-refractivity contribution in [1.29, 1.82) is 0 Å². The van der Waals surface area contributed by atoms with E-state index in [1.165, 1.54) is 11.3 Å². The van der Waals surface area contributed by atoms with Crippen LogP contribution in [0.1, 0.15) is 44.6 Å². The van der Waals surface area contributed by atoms with Gasteiger partial charge in [0.15, 0.2) is 5.96 Å². The smallest absolute Gasteiger partial charge is 0.191 e. The molecule has 1 saturated heterocycles. The molecule has 1 aliphatic heterocycles. The van der Waals surface area contributed by atoms with Gasteiger partial charge in [0.2, 0.25) is 0 Å². The van der Waals surface area contributed by atoms with Crippen molar-refractivity contribution in [2.45, 2.75) is 58.1 Å². The molecule has 0 amide bonds. The normalized spacial score (nSPS) is 26.3. The van der Waals surface area contributed by atoms with E-state index in [4.69, 9.17) is 16.6 Å². The van der Waals surface area contributed by atoms with Crippen LogP contribution in [-0.4, -0.2) is 49.4 Å². The van der Waals surface area contributed by atoms with Crippen molar-refractivity contribution in [2.24, 2.45) is 10.9 Å². The summed E-state index contributed by atoms with van der Waals surface area (Å²) in [7, 11) is 0. The third-order valence-electron chi connectivity index (χ3n) is 5.69. The number of hydrogen-bond donors (Lipinski definition) is 3. The fourth-order valence-corrected chi connectivity index (χ4v) is 4.24. The monoisotopic (exact) mass is 392 g/mol. The predicted octanol–water partition coefficient (Wildman–Crippen LogP) is 3.33. The molecule has 1 aromatic rings. The van der Waals surface area contributed by atoms with Crippen molar-refractivity contribution >= 4 is 23.2 Å². The van der Waals surface area contributed by atoms with Gasteiger partial charge in [0, 0.05) is 42.9 Å². The molecule has 0 radical (unpaired) electrons. The van der Waals surface area contributed by atoms with E-state index in [2.05, 4.69) is 41.5 Å². The lowest BCUT2D eigenvalue weighted by molar-refractivity contribution is 0.120. The number of hydrogen-bond acceptors (Lipinski definition) is 3. The highest BCUT2D eigenvalue weighted by atomic mass is 35.5. The van der Waals surface area contributed by atoms with Crippen LogP contribution in [0.4, 0.5) is 5.69 Å². The van der Waals surface area contributed by atoms with Crippen molar-refractivity contribution < 1.29 is 5.11 Å². The molecule has 1 aliphatic carbocycles. The topological polar surface area (TPSA) is 59.9 Å². The molecule has 1 saturated carbocycles. The number of anilines is 1. The quantitative estimate of drug-likeness (QED) is 0.531. The zero-order chi connectivity index (χ0) is 19.2. The number of aliphatic hydroxyl groups excluding tert-OH is 1. The largest absolute Gasteiger partial charge is 0.393 e. The van der Waals surface area contributed by atoms with Crippen LogP contribution in [0.2, 0.25) is 5.02 Å². The number of benzene rings is 1. The van der Waals surface area contributed by atoms with Gasteiger partial charge in [-0.15, -0.1) is 0 Å². The van der Waals surface area contributed by atoms with E-state index in [9.17, 15) is 5.11 Å². The Morgan fingerprint density at radius 1 is 1.26 bits per heavy atom. The van der Waals surface area contributed by atoms with Crippen LogP contribution in [-0.2, 0) is 0 Å². The Labute approximate surface area is 168 Å². The highest BCUT2D eigenvalue weighted by Crippen LogP contribution is 2.29. The first-order valence-electron chi connectivity index (χ1n) is 10.3.